The van der Waals surface area contributed by atoms with Gasteiger partial charge in [-0.3, -0.25) is 13.9 Å². The Morgan fingerprint density at radius 2 is 1.21 bits per heavy atom. The van der Waals surface area contributed by atoms with Crippen LogP contribution in [0.5, 0.6) is 0 Å². The predicted molar refractivity (Wildman–Crippen MR) is 116 cm³/mol. The maximum absolute atomic E-state index is 11.3. The topological polar surface area (TPSA) is 101 Å². The Labute approximate surface area is 202 Å². The summed E-state index contributed by atoms with van der Waals surface area (Å²) in [7, 11) is -4.67. The summed E-state index contributed by atoms with van der Waals surface area (Å²) in [6.07, 6.45) is 23.0. The maximum Gasteiger partial charge on any atom is 1.00 e. The maximum atomic E-state index is 11.3. The third-order valence-corrected chi connectivity index (χ3v) is 4.11. The number of unbranched alkanes of at least 4 members (excludes halogenated alkanes) is 11. The van der Waals surface area contributed by atoms with Gasteiger partial charge in [0.25, 0.3) is 0 Å². The van der Waals surface area contributed by atoms with E-state index in [1.165, 1.54) is 70.6 Å². The van der Waals surface area contributed by atoms with E-state index in [1.54, 1.807) is 0 Å². The fourth-order valence-electron chi connectivity index (χ4n) is 2.63. The van der Waals surface area contributed by atoms with Gasteiger partial charge in [-0.1, -0.05) is 77.4 Å². The normalized spacial score (nSPS) is 10.9. The minimum absolute atomic E-state index is 0. The van der Waals surface area contributed by atoms with Crippen molar-refractivity contribution in [3.8, 4) is 0 Å². The van der Waals surface area contributed by atoms with Crippen LogP contribution < -0.4 is 29.6 Å². The molecule has 0 atom stereocenters. The van der Waals surface area contributed by atoms with Gasteiger partial charge in [-0.25, -0.2) is 0 Å². The number of carbonyl (C=O) groups is 1. The Hall–Kier alpha value is 0.0800. The molecule has 8 heteroatoms. The first-order valence-corrected chi connectivity index (χ1v) is 12.2. The molecular formula is C21H43NaO6S. The standard InChI is InChI=1S/C21H40O2.Na.H2O4S.H/c1-3-5-6-7-8-9-10-11-12-13-14-15-16-17-18-19-21(22)23-20-4-2;;1-5(2,3)4;/h11-12H,3-10,13-20H2,1-2H3;;(H2,1,2,3,4);/q;+1;;-1. The van der Waals surface area contributed by atoms with Gasteiger partial charge < -0.3 is 6.16 Å². The minimum Gasteiger partial charge on any atom is -1.00 e. The van der Waals surface area contributed by atoms with Gasteiger partial charge in [-0.15, -0.1) is 0 Å². The van der Waals surface area contributed by atoms with Crippen molar-refractivity contribution in [3.05, 3.63) is 12.2 Å². The molecule has 0 saturated heterocycles. The summed E-state index contributed by atoms with van der Waals surface area (Å²) in [5, 5.41) is 0. The molecule has 0 saturated carbocycles. The van der Waals surface area contributed by atoms with Gasteiger partial charge in [-0.2, -0.15) is 8.42 Å². The molecule has 0 spiro atoms. The van der Waals surface area contributed by atoms with Crippen LogP contribution in [0.2, 0.25) is 0 Å². The van der Waals surface area contributed by atoms with Crippen LogP contribution in [-0.2, 0) is 19.9 Å². The summed E-state index contributed by atoms with van der Waals surface area (Å²) in [5.74, 6) is -0.0236. The van der Waals surface area contributed by atoms with Crippen molar-refractivity contribution in [2.24, 2.45) is 0 Å². The zero-order valence-electron chi connectivity index (χ0n) is 19.9. The zero-order chi connectivity index (χ0) is 21.5. The van der Waals surface area contributed by atoms with Gasteiger partial charge in [0, 0.05) is 6.42 Å². The number of ether oxygens (including phenoxy) is 1. The van der Waals surface area contributed by atoms with Crippen molar-refractivity contribution in [1.82, 2.24) is 0 Å². The van der Waals surface area contributed by atoms with Gasteiger partial charge in [0.15, 0.2) is 0 Å². The molecule has 0 rings (SSSR count). The number of esters is 1. The molecule has 0 radical (unpaired) electrons. The number of allylic oxidation sites excluding steroid dienone is 2. The van der Waals surface area contributed by atoms with Crippen LogP contribution in [-0.4, -0.2) is 30.1 Å². The second kappa shape index (κ2) is 26.1. The van der Waals surface area contributed by atoms with Crippen LogP contribution in [0.4, 0.5) is 0 Å². The van der Waals surface area contributed by atoms with Crippen LogP contribution in [0.25, 0.3) is 0 Å². The Bertz CT molecular complexity index is 464. The number of hydrogen-bond donors (Lipinski definition) is 2. The van der Waals surface area contributed by atoms with Crippen molar-refractivity contribution in [1.29, 1.82) is 0 Å². The summed E-state index contributed by atoms with van der Waals surface area (Å²) in [4.78, 5) is 11.3. The molecule has 0 amide bonds. The summed E-state index contributed by atoms with van der Waals surface area (Å²) < 4.78 is 36.6. The first-order valence-electron chi connectivity index (χ1n) is 10.8. The number of carbonyl (C=O) groups excluding carboxylic acids is 1. The third-order valence-electron chi connectivity index (χ3n) is 4.11. The fraction of sp³-hybridized carbons (Fsp3) is 0.857. The van der Waals surface area contributed by atoms with Crippen molar-refractivity contribution in [3.63, 3.8) is 0 Å². The van der Waals surface area contributed by atoms with E-state index in [0.717, 1.165) is 19.3 Å². The van der Waals surface area contributed by atoms with E-state index in [1.807, 2.05) is 6.92 Å². The molecule has 0 bridgehead atoms. The molecule has 2 N–H and O–H groups in total. The zero-order valence-corrected chi connectivity index (χ0v) is 21.7. The summed E-state index contributed by atoms with van der Waals surface area (Å²) in [6.45, 7) is 4.86. The van der Waals surface area contributed by atoms with E-state index >= 15 is 0 Å². The van der Waals surface area contributed by atoms with Crippen molar-refractivity contribution >= 4 is 16.4 Å². The van der Waals surface area contributed by atoms with Crippen LogP contribution in [0.1, 0.15) is 112 Å². The number of hydrogen-bond acceptors (Lipinski definition) is 4. The first kappa shape index (κ1) is 33.7. The van der Waals surface area contributed by atoms with Gasteiger partial charge >= 0.3 is 45.9 Å². The first-order chi connectivity index (χ1) is 13.3. The minimum atomic E-state index is -4.67. The smallest absolute Gasteiger partial charge is 1.00 e. The second-order valence-electron chi connectivity index (χ2n) is 7.00. The summed E-state index contributed by atoms with van der Waals surface area (Å²) >= 11 is 0. The van der Waals surface area contributed by atoms with Gasteiger partial charge in [0.1, 0.15) is 0 Å². The Morgan fingerprint density at radius 3 is 1.66 bits per heavy atom. The predicted octanol–water partition coefficient (Wildman–Crippen LogP) is 3.44. The van der Waals surface area contributed by atoms with E-state index < -0.39 is 10.4 Å². The fourth-order valence-corrected chi connectivity index (χ4v) is 2.63. The average Bonchev–Trinajstić information content (AvgIpc) is 2.61. The molecule has 170 valence electrons. The molecule has 0 aromatic rings. The Morgan fingerprint density at radius 1 is 0.793 bits per heavy atom. The van der Waals surface area contributed by atoms with Crippen LogP contribution in [0.3, 0.4) is 0 Å². The molecule has 29 heavy (non-hydrogen) atoms. The molecule has 0 aliphatic rings. The SMILES string of the molecule is CCCCCCCCC=CCCCCCCCC(=O)OCCC.O=S(=O)(O)O.[H-].[Na+]. The van der Waals surface area contributed by atoms with Crippen molar-refractivity contribution in [2.75, 3.05) is 6.61 Å². The molecule has 0 aliphatic heterocycles. The van der Waals surface area contributed by atoms with E-state index in [4.69, 9.17) is 22.3 Å². The van der Waals surface area contributed by atoms with Crippen LogP contribution in [0.15, 0.2) is 12.2 Å². The van der Waals surface area contributed by atoms with E-state index in [-0.39, 0.29) is 37.0 Å². The monoisotopic (exact) mass is 446 g/mol. The molecule has 0 heterocycles. The van der Waals surface area contributed by atoms with E-state index in [0.29, 0.717) is 13.0 Å². The molecular weight excluding hydrogens is 403 g/mol. The molecule has 0 aromatic heterocycles. The molecule has 0 unspecified atom stereocenters. The van der Waals surface area contributed by atoms with Crippen LogP contribution >= 0.6 is 0 Å². The average molecular weight is 447 g/mol. The molecule has 6 nitrogen and oxygen atoms in total. The summed E-state index contributed by atoms with van der Waals surface area (Å²) in [5.41, 5.74) is 0. The largest absolute Gasteiger partial charge is 1.00 e. The van der Waals surface area contributed by atoms with Gasteiger partial charge in [0.05, 0.1) is 6.61 Å². The van der Waals surface area contributed by atoms with Crippen LogP contribution in [0, 0.1) is 0 Å². The summed E-state index contributed by atoms with van der Waals surface area (Å²) in [6, 6.07) is 0. The third kappa shape index (κ3) is 43.0. The molecule has 0 aliphatic carbocycles. The number of rotatable bonds is 17. The van der Waals surface area contributed by atoms with Gasteiger partial charge in [0.2, 0.25) is 0 Å². The Kier molecular flexibility index (Phi) is 30.4. The van der Waals surface area contributed by atoms with Crippen molar-refractivity contribution < 1.29 is 58.0 Å². The molecule has 0 fully saturated rings. The second-order valence-corrected chi connectivity index (χ2v) is 7.90. The van der Waals surface area contributed by atoms with E-state index in [2.05, 4.69) is 19.1 Å². The quantitative estimate of drug-likeness (QED) is 0.117. The molecule has 0 aromatic carbocycles. The Balaban J connectivity index is -0.000000429. The van der Waals surface area contributed by atoms with Gasteiger partial charge in [-0.05, 0) is 38.5 Å². The van der Waals surface area contributed by atoms with Crippen molar-refractivity contribution in [2.45, 2.75) is 110 Å². The van der Waals surface area contributed by atoms with E-state index in [9.17, 15) is 4.79 Å².